The van der Waals surface area contributed by atoms with Crippen molar-refractivity contribution >= 4 is 22.2 Å². The first-order chi connectivity index (χ1) is 11.8. The fourth-order valence-corrected chi connectivity index (χ4v) is 4.95. The number of rotatable bonds is 3. The van der Waals surface area contributed by atoms with Crippen LogP contribution in [-0.2, 0) is 17.6 Å². The number of amides is 1. The zero-order valence-corrected chi connectivity index (χ0v) is 14.4. The predicted octanol–water partition coefficient (Wildman–Crippen LogP) is 4.63. The van der Waals surface area contributed by atoms with E-state index in [1.54, 1.807) is 11.3 Å². The third kappa shape index (κ3) is 2.85. The lowest BCUT2D eigenvalue weighted by Crippen LogP contribution is -2.14. The number of carbonyl (C=O) groups is 1. The van der Waals surface area contributed by atoms with E-state index in [9.17, 15) is 10.1 Å². The van der Waals surface area contributed by atoms with Gasteiger partial charge in [0.1, 0.15) is 11.1 Å². The molecular formula is C20H20N2OS. The lowest BCUT2D eigenvalue weighted by atomic mass is 10.1. The van der Waals surface area contributed by atoms with Gasteiger partial charge in [-0.25, -0.2) is 0 Å². The molecule has 2 aliphatic rings. The first-order valence-electron chi connectivity index (χ1n) is 8.68. The summed E-state index contributed by atoms with van der Waals surface area (Å²) in [6.07, 6.45) is 6.48. The topological polar surface area (TPSA) is 52.9 Å². The van der Waals surface area contributed by atoms with Crippen molar-refractivity contribution in [3.8, 4) is 6.07 Å². The molecule has 0 saturated heterocycles. The largest absolute Gasteiger partial charge is 0.316 e. The van der Waals surface area contributed by atoms with E-state index in [0.29, 0.717) is 11.5 Å². The summed E-state index contributed by atoms with van der Waals surface area (Å²) in [5, 5.41) is 13.4. The van der Waals surface area contributed by atoms with Gasteiger partial charge in [0.05, 0.1) is 5.56 Å². The van der Waals surface area contributed by atoms with Crippen molar-refractivity contribution in [3.05, 3.63) is 51.9 Å². The molecule has 0 radical (unpaired) electrons. The molecule has 2 aliphatic carbocycles. The maximum Gasteiger partial charge on any atom is 0.228 e. The molecule has 1 fully saturated rings. The Morgan fingerprint density at radius 3 is 2.75 bits per heavy atom. The number of hydrogen-bond acceptors (Lipinski definition) is 3. The second-order valence-electron chi connectivity index (χ2n) is 6.73. The van der Waals surface area contributed by atoms with Crippen LogP contribution < -0.4 is 5.32 Å². The van der Waals surface area contributed by atoms with E-state index in [0.717, 1.165) is 30.7 Å². The van der Waals surface area contributed by atoms with Crippen molar-refractivity contribution in [2.45, 2.75) is 44.4 Å². The molecule has 0 aliphatic heterocycles. The first-order valence-corrected chi connectivity index (χ1v) is 9.50. The number of carbonyl (C=O) groups excluding carboxylic acids is 1. The van der Waals surface area contributed by atoms with Gasteiger partial charge in [0, 0.05) is 10.8 Å². The summed E-state index contributed by atoms with van der Waals surface area (Å²) in [6.45, 7) is 0. The van der Waals surface area contributed by atoms with E-state index in [1.165, 1.54) is 28.8 Å². The molecule has 1 saturated carbocycles. The summed E-state index contributed by atoms with van der Waals surface area (Å²) in [7, 11) is 0. The van der Waals surface area contributed by atoms with Crippen LogP contribution in [0.15, 0.2) is 30.3 Å². The molecular weight excluding hydrogens is 316 g/mol. The minimum absolute atomic E-state index is 0.0425. The van der Waals surface area contributed by atoms with Crippen LogP contribution in [0.5, 0.6) is 0 Å². The van der Waals surface area contributed by atoms with E-state index < -0.39 is 0 Å². The lowest BCUT2D eigenvalue weighted by Gasteiger charge is -2.04. The number of benzene rings is 1. The molecule has 4 heteroatoms. The van der Waals surface area contributed by atoms with E-state index in [4.69, 9.17) is 0 Å². The molecule has 1 aromatic carbocycles. The Morgan fingerprint density at radius 2 is 1.96 bits per heavy atom. The highest BCUT2D eigenvalue weighted by molar-refractivity contribution is 7.16. The number of nitrogens with zero attached hydrogens (tertiary/aromatic N) is 1. The number of hydrogen-bond donors (Lipinski definition) is 1. The molecule has 3 nitrogen and oxygen atoms in total. The standard InChI is InChI=1S/C20H20N2OS/c21-12-17-14-9-5-2-6-10-18(14)24-20(17)22-19(23)16-11-15(16)13-7-3-1-4-8-13/h1,3-4,7-8,15-16H,2,5-6,9-11H2,(H,22,23)/t15-,16+/m0/s1. The number of nitriles is 1. The van der Waals surface area contributed by atoms with Crippen LogP contribution in [0, 0.1) is 17.2 Å². The highest BCUT2D eigenvalue weighted by Gasteiger charge is 2.44. The fourth-order valence-electron chi connectivity index (χ4n) is 3.71. The van der Waals surface area contributed by atoms with Crippen LogP contribution >= 0.6 is 11.3 Å². The lowest BCUT2D eigenvalue weighted by molar-refractivity contribution is -0.117. The highest BCUT2D eigenvalue weighted by Crippen LogP contribution is 2.48. The van der Waals surface area contributed by atoms with Crippen molar-refractivity contribution in [3.63, 3.8) is 0 Å². The maximum atomic E-state index is 12.6. The van der Waals surface area contributed by atoms with Crippen molar-refractivity contribution in [1.29, 1.82) is 5.26 Å². The van der Waals surface area contributed by atoms with Gasteiger partial charge in [0.15, 0.2) is 0 Å². The molecule has 2 atom stereocenters. The average molecular weight is 336 g/mol. The van der Waals surface area contributed by atoms with Crippen LogP contribution in [0.1, 0.15) is 53.2 Å². The van der Waals surface area contributed by atoms with Gasteiger partial charge in [-0.1, -0.05) is 36.8 Å². The average Bonchev–Trinajstić information content (AvgIpc) is 3.38. The summed E-state index contributed by atoms with van der Waals surface area (Å²) in [5.41, 5.74) is 3.13. The summed E-state index contributed by atoms with van der Waals surface area (Å²) in [5.74, 6) is 0.437. The molecule has 0 bridgehead atoms. The molecule has 1 N–H and O–H groups in total. The third-order valence-corrected chi connectivity index (χ3v) is 6.33. The second-order valence-corrected chi connectivity index (χ2v) is 7.83. The minimum Gasteiger partial charge on any atom is -0.316 e. The van der Waals surface area contributed by atoms with Gasteiger partial charge in [-0.3, -0.25) is 4.79 Å². The monoisotopic (exact) mass is 336 g/mol. The van der Waals surface area contributed by atoms with Crippen molar-refractivity contribution < 1.29 is 4.79 Å². The second kappa shape index (κ2) is 6.41. The van der Waals surface area contributed by atoms with Crippen LogP contribution in [0.25, 0.3) is 0 Å². The molecule has 0 unspecified atom stereocenters. The summed E-state index contributed by atoms with van der Waals surface area (Å²) >= 11 is 1.62. The van der Waals surface area contributed by atoms with E-state index in [-0.39, 0.29) is 11.8 Å². The van der Waals surface area contributed by atoms with Gasteiger partial charge in [0.2, 0.25) is 5.91 Å². The normalized spacial score (nSPS) is 22.1. The van der Waals surface area contributed by atoms with Crippen LogP contribution in [0.4, 0.5) is 5.00 Å². The zero-order valence-electron chi connectivity index (χ0n) is 13.5. The maximum absolute atomic E-state index is 12.6. The smallest absolute Gasteiger partial charge is 0.228 e. The minimum atomic E-state index is 0.0425. The SMILES string of the molecule is N#Cc1c(NC(=O)[C@@H]2C[C@H]2c2ccccc2)sc2c1CCCCC2. The first kappa shape index (κ1) is 15.4. The van der Waals surface area contributed by atoms with Gasteiger partial charge in [-0.15, -0.1) is 11.3 Å². The molecule has 24 heavy (non-hydrogen) atoms. The van der Waals surface area contributed by atoms with Crippen LogP contribution in [0.2, 0.25) is 0 Å². The molecule has 2 aromatic rings. The number of thiophene rings is 1. The number of aryl methyl sites for hydroxylation is 1. The zero-order chi connectivity index (χ0) is 16.5. The molecule has 1 amide bonds. The number of fused-ring (bicyclic) bond motifs is 1. The summed E-state index contributed by atoms with van der Waals surface area (Å²) in [4.78, 5) is 13.9. The van der Waals surface area contributed by atoms with E-state index >= 15 is 0 Å². The van der Waals surface area contributed by atoms with Gasteiger partial charge in [0.25, 0.3) is 0 Å². The molecule has 0 spiro atoms. The third-order valence-electron chi connectivity index (χ3n) is 5.12. The number of anilines is 1. The Kier molecular flexibility index (Phi) is 4.12. The Balaban J connectivity index is 1.50. The van der Waals surface area contributed by atoms with E-state index in [2.05, 4.69) is 23.5 Å². The quantitative estimate of drug-likeness (QED) is 0.831. The fraction of sp³-hybridized carbons (Fsp3) is 0.400. The molecule has 1 heterocycles. The van der Waals surface area contributed by atoms with Crippen LogP contribution in [0.3, 0.4) is 0 Å². The Bertz CT molecular complexity index is 803. The van der Waals surface area contributed by atoms with Crippen molar-refractivity contribution in [1.82, 2.24) is 0 Å². The Hall–Kier alpha value is -2.12. The molecule has 122 valence electrons. The van der Waals surface area contributed by atoms with Gasteiger partial charge in [-0.2, -0.15) is 5.26 Å². The Morgan fingerprint density at radius 1 is 1.17 bits per heavy atom. The highest BCUT2D eigenvalue weighted by atomic mass is 32.1. The van der Waals surface area contributed by atoms with Crippen molar-refractivity contribution in [2.24, 2.45) is 5.92 Å². The van der Waals surface area contributed by atoms with Gasteiger partial charge < -0.3 is 5.32 Å². The van der Waals surface area contributed by atoms with Crippen LogP contribution in [-0.4, -0.2) is 5.91 Å². The van der Waals surface area contributed by atoms with Crippen molar-refractivity contribution in [2.75, 3.05) is 5.32 Å². The van der Waals surface area contributed by atoms with E-state index in [1.807, 2.05) is 18.2 Å². The van der Waals surface area contributed by atoms with Gasteiger partial charge >= 0.3 is 0 Å². The van der Waals surface area contributed by atoms with Gasteiger partial charge in [-0.05, 0) is 49.1 Å². The summed E-state index contributed by atoms with van der Waals surface area (Å²) < 4.78 is 0. The number of nitrogens with one attached hydrogen (secondary N) is 1. The molecule has 1 aromatic heterocycles. The predicted molar refractivity (Wildman–Crippen MR) is 96.2 cm³/mol. The Labute approximate surface area is 146 Å². The summed E-state index contributed by atoms with van der Waals surface area (Å²) in [6, 6.07) is 12.6. The molecule has 4 rings (SSSR count).